The highest BCUT2D eigenvalue weighted by atomic mass is 35.5. The smallest absolute Gasteiger partial charge is 0.325 e. The summed E-state index contributed by atoms with van der Waals surface area (Å²) in [6.07, 6.45) is 3.49. The van der Waals surface area contributed by atoms with E-state index in [4.69, 9.17) is 17.3 Å². The van der Waals surface area contributed by atoms with Gasteiger partial charge >= 0.3 is 12.0 Å². The summed E-state index contributed by atoms with van der Waals surface area (Å²) in [5.41, 5.74) is 9.03. The number of aromatic hydroxyl groups is 2. The molecule has 10 atom stereocenters. The Morgan fingerprint density at radius 1 is 0.541 bits per heavy atom. The molecule has 0 bridgehead atoms. The van der Waals surface area contributed by atoms with Crippen LogP contribution in [0, 0.1) is 0 Å². The van der Waals surface area contributed by atoms with E-state index in [2.05, 4.69) is 63.1 Å². The number of aliphatic carboxylic acids is 1. The monoisotopic (exact) mass is 1510 g/mol. The number of nitrogens with two attached hydrogens (primary N) is 1. The molecule has 8 aromatic rings. The van der Waals surface area contributed by atoms with Gasteiger partial charge in [0.05, 0.1) is 6.61 Å². The van der Waals surface area contributed by atoms with E-state index in [0.717, 1.165) is 10.8 Å². The molecule has 17 N–H and O–H groups in total. The van der Waals surface area contributed by atoms with Crippen molar-refractivity contribution in [3.63, 3.8) is 0 Å². The van der Waals surface area contributed by atoms with Crippen molar-refractivity contribution in [2.75, 3.05) is 19.7 Å². The molecule has 30 nitrogen and oxygen atoms in total. The number of carbonyl (C=O) groups excluding carboxylic acids is 11. The van der Waals surface area contributed by atoms with Crippen LogP contribution in [0.3, 0.4) is 0 Å². The highest BCUT2D eigenvalue weighted by molar-refractivity contribution is 6.30. The van der Waals surface area contributed by atoms with Gasteiger partial charge in [-0.3, -0.25) is 57.7 Å². The Kier molecular flexibility index (Phi) is 28.6. The summed E-state index contributed by atoms with van der Waals surface area (Å²) in [6.45, 7) is 1.33. The van der Waals surface area contributed by atoms with Crippen molar-refractivity contribution >= 4 is 104 Å². The number of carbonyl (C=O) groups is 12. The molecule has 0 radical (unpaired) electrons. The first kappa shape index (κ1) is 80.7. The zero-order valence-electron chi connectivity index (χ0n) is 59.7. The Morgan fingerprint density at radius 3 is 1.58 bits per heavy atom. The van der Waals surface area contributed by atoms with Crippen molar-refractivity contribution in [3.8, 4) is 11.5 Å². The molecule has 1 fully saturated rings. The Morgan fingerprint density at radius 2 is 1.02 bits per heavy atom. The minimum Gasteiger partial charge on any atom is -0.508 e. The van der Waals surface area contributed by atoms with E-state index in [-0.39, 0.29) is 82.4 Å². The predicted octanol–water partition coefficient (Wildman–Crippen LogP) is 2.46. The molecule has 9 rings (SSSR count). The molecule has 572 valence electrons. The number of phenolic OH excluding ortho intramolecular Hbond substituents is 2. The number of H-pyrrole nitrogens is 1. The molecule has 109 heavy (non-hydrogen) atoms. The minimum atomic E-state index is -1.88. The van der Waals surface area contributed by atoms with E-state index >= 15 is 14.4 Å². The van der Waals surface area contributed by atoms with Gasteiger partial charge in [0.2, 0.25) is 59.1 Å². The SMILES string of the molecule is CC(=O)N[C@H](Cc1ccc2ccccc2c1)C(=O)N[C@H](Cc1ccc(Cl)cc1)C(=O)N[C@H](Cc1cccnc1)C(=O)N[C@@H](CO)C(=O)N[C@@H](Cc1ccc(O)cc1)C(=O)N[C@H](CCCNC(N)=O)C(=O)N[C@@H](Cc1c[nH]c2ccccc12)C(=O)N[C@@H](Cc1ccc(O)cc1)C(=O)N1CCC[C@H]1C(=O)N[C@H](C)C(=O)O. The molecule has 1 aliphatic rings. The topological polar surface area (TPSA) is 464 Å². The Balaban J connectivity index is 0.977. The summed E-state index contributed by atoms with van der Waals surface area (Å²) in [5, 5.41) is 70.2. The van der Waals surface area contributed by atoms with E-state index in [0.29, 0.717) is 55.7 Å². The highest BCUT2D eigenvalue weighted by Crippen LogP contribution is 2.25. The number of carboxylic acids is 1. The lowest BCUT2D eigenvalue weighted by atomic mass is 9.99. The third-order valence-electron chi connectivity index (χ3n) is 18.4. The number of nitrogens with one attached hydrogen (secondary N) is 11. The number of halogens is 1. The number of likely N-dealkylation sites (tertiary alicyclic amines) is 1. The Hall–Kier alpha value is -12.4. The molecule has 0 aliphatic carbocycles. The summed E-state index contributed by atoms with van der Waals surface area (Å²) >= 11 is 6.24. The number of aliphatic hydroxyl groups excluding tert-OH is 1. The number of nitrogens with zero attached hydrogens (tertiary/aromatic N) is 2. The second-order valence-electron chi connectivity index (χ2n) is 26.6. The fourth-order valence-electron chi connectivity index (χ4n) is 12.7. The number of hydrogen-bond acceptors (Lipinski definition) is 16. The first-order valence-corrected chi connectivity index (χ1v) is 35.7. The maximum Gasteiger partial charge on any atom is 0.325 e. The van der Waals surface area contributed by atoms with E-state index in [1.165, 1.54) is 79.7 Å². The number of carboxylic acid groups (broad SMARTS) is 1. The van der Waals surface area contributed by atoms with Crippen molar-refractivity contribution in [1.29, 1.82) is 0 Å². The van der Waals surface area contributed by atoms with Crippen LogP contribution in [0.25, 0.3) is 21.7 Å². The molecule has 31 heteroatoms. The van der Waals surface area contributed by atoms with Crippen LogP contribution in [0.15, 0.2) is 170 Å². The van der Waals surface area contributed by atoms with Gasteiger partial charge in [-0.1, -0.05) is 115 Å². The van der Waals surface area contributed by atoms with E-state index in [1.807, 2.05) is 42.5 Å². The zero-order chi connectivity index (χ0) is 78.3. The van der Waals surface area contributed by atoms with Crippen molar-refractivity contribution in [3.05, 3.63) is 209 Å². The number of phenols is 2. The largest absolute Gasteiger partial charge is 0.508 e. The number of para-hydroxylation sites is 1. The molecule has 0 spiro atoms. The fraction of sp³-hybridized carbons (Fsp3) is 0.321. The van der Waals surface area contributed by atoms with E-state index in [9.17, 15) is 63.6 Å². The maximum atomic E-state index is 15.2. The average molecular weight is 1510 g/mol. The van der Waals surface area contributed by atoms with Gasteiger partial charge in [-0.2, -0.15) is 0 Å². The third-order valence-corrected chi connectivity index (χ3v) is 18.7. The van der Waals surface area contributed by atoms with Crippen LogP contribution in [0.1, 0.15) is 72.9 Å². The first-order valence-electron chi connectivity index (χ1n) is 35.4. The molecule has 3 heterocycles. The van der Waals surface area contributed by atoms with Gasteiger partial charge in [-0.15, -0.1) is 0 Å². The summed E-state index contributed by atoms with van der Waals surface area (Å²) in [4.78, 5) is 178. The Labute approximate surface area is 631 Å². The second-order valence-corrected chi connectivity index (χ2v) is 27.1. The minimum absolute atomic E-state index is 0.0174. The molecule has 6 aromatic carbocycles. The van der Waals surface area contributed by atoms with E-state index < -0.39 is 138 Å². The highest BCUT2D eigenvalue weighted by Gasteiger charge is 2.41. The lowest BCUT2D eigenvalue weighted by Gasteiger charge is -2.31. The van der Waals surface area contributed by atoms with Crippen molar-refractivity contribution < 1.29 is 78.0 Å². The summed E-state index contributed by atoms with van der Waals surface area (Å²) in [6, 6.07) is 25.4. The van der Waals surface area contributed by atoms with Crippen LogP contribution in [0.5, 0.6) is 11.5 Å². The summed E-state index contributed by atoms with van der Waals surface area (Å²) < 4.78 is 0. The van der Waals surface area contributed by atoms with Crippen molar-refractivity contribution in [2.45, 2.75) is 138 Å². The lowest BCUT2D eigenvalue weighted by molar-refractivity contribution is -0.144. The van der Waals surface area contributed by atoms with Gasteiger partial charge in [0.15, 0.2) is 0 Å². The standard InChI is InChI=1S/C78H87ClN14O16/c1-44(77(107)108)84-75(105)67-16-9-33-93(67)76(106)65(37-48-22-29-56(97)30-23-48)91-73(103)64(40-53-42-83-58-14-6-5-13-57(53)58)90-68(98)59(15-8-32-82-78(80)109)86-70(100)61(36-47-20-27-55(96)28-21-47)89-74(104)66(43-94)92-72(102)63(39-50-10-7-31-81-41-50)88-71(101)62(35-46-18-25-54(79)26-19-46)87-69(99)60(85-45(2)95)38-49-17-24-51-11-3-4-12-52(51)34-49/h3-7,10-14,17-31,34,41-42,44,59-67,83,94,96-97H,8-9,15-16,32-33,35-40,43H2,1-2H3,(H,84,105)(H,85,95)(H,86,100)(H,87,99)(H,88,101)(H,89,104)(H,90,98)(H,91,103)(H,92,102)(H,107,108)(H3,80,82,109)/t44-,59-,60-,61+,62-,63-,64+,65+,66+,67+/m1/s1. The summed E-state index contributed by atoms with van der Waals surface area (Å²) in [7, 11) is 0. The number of rotatable bonds is 36. The number of benzene rings is 6. The van der Waals surface area contributed by atoms with E-state index in [1.54, 1.807) is 66.9 Å². The third kappa shape index (κ3) is 23.5. The fourth-order valence-corrected chi connectivity index (χ4v) is 12.8. The predicted molar refractivity (Wildman–Crippen MR) is 401 cm³/mol. The number of aromatic nitrogens is 2. The molecule has 2 aromatic heterocycles. The van der Waals surface area contributed by atoms with Gasteiger partial charge in [0.1, 0.15) is 71.9 Å². The average Bonchev–Trinajstić information content (AvgIpc) is 1.69. The van der Waals surface area contributed by atoms with Crippen LogP contribution in [-0.2, 0) is 91.3 Å². The van der Waals surface area contributed by atoms with Crippen LogP contribution in [-0.4, -0.2) is 186 Å². The van der Waals surface area contributed by atoms with Crippen LogP contribution in [0.2, 0.25) is 5.02 Å². The molecule has 0 saturated carbocycles. The van der Waals surface area contributed by atoms with Crippen LogP contribution in [0.4, 0.5) is 4.79 Å². The molecular weight excluding hydrogens is 1420 g/mol. The molecule has 0 unspecified atom stereocenters. The van der Waals surface area contributed by atoms with Gasteiger partial charge in [0, 0.05) is 93.1 Å². The summed E-state index contributed by atoms with van der Waals surface area (Å²) in [5.74, 6) is -10.3. The second kappa shape index (κ2) is 38.7. The number of primary amides is 1. The number of aromatic amines is 1. The quantitative estimate of drug-likeness (QED) is 0.0251. The van der Waals surface area contributed by atoms with Gasteiger partial charge < -0.3 is 89.2 Å². The molecule has 12 amide bonds. The first-order chi connectivity index (χ1) is 52.3. The number of urea groups is 1. The van der Waals surface area contributed by atoms with Crippen molar-refractivity contribution in [1.82, 2.24) is 68.0 Å². The number of hydrogen-bond donors (Lipinski definition) is 16. The van der Waals surface area contributed by atoms with Gasteiger partial charge in [-0.25, -0.2) is 4.79 Å². The molecule has 1 saturated heterocycles. The Bertz CT molecular complexity index is 4570. The van der Waals surface area contributed by atoms with Crippen LogP contribution < -0.4 is 58.9 Å². The van der Waals surface area contributed by atoms with Gasteiger partial charge in [0.25, 0.3) is 0 Å². The molecular formula is C78H87ClN14O16. The van der Waals surface area contributed by atoms with Crippen LogP contribution >= 0.6 is 11.6 Å². The molecule has 1 aliphatic heterocycles. The normalized spacial score (nSPS) is 15.0. The zero-order valence-corrected chi connectivity index (χ0v) is 60.4. The maximum absolute atomic E-state index is 15.2. The number of fused-ring (bicyclic) bond motifs is 2. The number of pyridine rings is 1. The lowest BCUT2D eigenvalue weighted by Crippen LogP contribution is -2.62. The van der Waals surface area contributed by atoms with Gasteiger partial charge in [-0.05, 0) is 125 Å². The number of amides is 12. The number of aliphatic hydroxyl groups is 1. The van der Waals surface area contributed by atoms with Crippen molar-refractivity contribution in [2.24, 2.45) is 5.73 Å².